The third-order valence-electron chi connectivity index (χ3n) is 2.39. The molecule has 0 saturated carbocycles. The van der Waals surface area contributed by atoms with Gasteiger partial charge in [-0.3, -0.25) is 4.79 Å². The van der Waals surface area contributed by atoms with Crippen LogP contribution in [-0.2, 0) is 14.6 Å². The Balaban J connectivity index is 2.71. The van der Waals surface area contributed by atoms with Crippen molar-refractivity contribution < 1.29 is 13.2 Å². The fourth-order valence-electron chi connectivity index (χ4n) is 1.50. The zero-order chi connectivity index (χ0) is 13.8. The molecule has 0 atom stereocenters. The summed E-state index contributed by atoms with van der Waals surface area (Å²) in [5, 5.41) is 0. The van der Waals surface area contributed by atoms with Gasteiger partial charge in [0.2, 0.25) is 5.91 Å². The van der Waals surface area contributed by atoms with Crippen LogP contribution in [0.2, 0.25) is 0 Å². The van der Waals surface area contributed by atoms with Crippen LogP contribution in [0.25, 0.3) is 0 Å². The lowest BCUT2D eigenvalue weighted by Crippen LogP contribution is -2.12. The first-order valence-electron chi connectivity index (χ1n) is 5.39. The molecule has 0 saturated heterocycles. The zero-order valence-corrected chi connectivity index (χ0v) is 12.1. The van der Waals surface area contributed by atoms with Crippen molar-refractivity contribution in [1.29, 1.82) is 0 Å². The molecule has 0 aliphatic carbocycles. The Morgan fingerprint density at radius 1 is 1.28 bits per heavy atom. The largest absolute Gasteiger partial charge is 0.398 e. The number of benzene rings is 1. The van der Waals surface area contributed by atoms with Gasteiger partial charge >= 0.3 is 0 Å². The zero-order valence-electron chi connectivity index (χ0n) is 9.73. The number of nitrogens with two attached hydrogens (primary N) is 2. The Bertz CT molecular complexity index is 543. The molecule has 0 unspecified atom stereocenters. The van der Waals surface area contributed by atoms with Gasteiger partial charge in [0.15, 0.2) is 9.84 Å². The Hall–Kier alpha value is -1.08. The highest BCUT2D eigenvalue weighted by molar-refractivity contribution is 9.10. The molecule has 0 aliphatic rings. The van der Waals surface area contributed by atoms with E-state index in [0.29, 0.717) is 12.8 Å². The molecule has 1 aromatic rings. The second-order valence-corrected chi connectivity index (χ2v) is 6.92. The third kappa shape index (κ3) is 4.30. The molecule has 0 heterocycles. The smallest absolute Gasteiger partial charge is 0.217 e. The summed E-state index contributed by atoms with van der Waals surface area (Å²) in [6.07, 6.45) is 1.05. The Morgan fingerprint density at radius 3 is 2.50 bits per heavy atom. The Morgan fingerprint density at radius 2 is 1.94 bits per heavy atom. The van der Waals surface area contributed by atoms with Gasteiger partial charge in [-0.1, -0.05) is 15.9 Å². The number of carbonyl (C=O) groups is 1. The number of unbranched alkanes of at least 4 members (excludes halogenated alkanes) is 1. The number of hydrogen-bond donors (Lipinski definition) is 2. The Kier molecular flexibility index (Phi) is 5.15. The van der Waals surface area contributed by atoms with Crippen LogP contribution in [0.4, 0.5) is 5.69 Å². The van der Waals surface area contributed by atoms with Gasteiger partial charge < -0.3 is 11.5 Å². The van der Waals surface area contributed by atoms with Crippen molar-refractivity contribution in [2.24, 2.45) is 5.73 Å². The topological polar surface area (TPSA) is 103 Å². The van der Waals surface area contributed by atoms with Crippen molar-refractivity contribution in [2.75, 3.05) is 11.5 Å². The van der Waals surface area contributed by atoms with Crippen molar-refractivity contribution in [3.05, 3.63) is 22.7 Å². The molecule has 7 heteroatoms. The summed E-state index contributed by atoms with van der Waals surface area (Å²) >= 11 is 3.22. The van der Waals surface area contributed by atoms with Gasteiger partial charge in [0, 0.05) is 10.9 Å². The fourth-order valence-corrected chi connectivity index (χ4v) is 3.38. The normalized spacial score (nSPS) is 11.4. The predicted molar refractivity (Wildman–Crippen MR) is 73.7 cm³/mol. The molecular formula is C11H15BrN2O3S. The molecule has 100 valence electrons. The fraction of sp³-hybridized carbons (Fsp3) is 0.364. The van der Waals surface area contributed by atoms with E-state index in [4.69, 9.17) is 11.5 Å². The first-order chi connectivity index (χ1) is 8.33. The number of amides is 1. The molecule has 1 amide bonds. The minimum absolute atomic E-state index is 0.0356. The van der Waals surface area contributed by atoms with E-state index in [1.54, 1.807) is 12.1 Å². The number of sulfone groups is 1. The Labute approximate surface area is 115 Å². The van der Waals surface area contributed by atoms with E-state index in [9.17, 15) is 13.2 Å². The van der Waals surface area contributed by atoms with Crippen LogP contribution in [-0.4, -0.2) is 20.1 Å². The summed E-state index contributed by atoms with van der Waals surface area (Å²) < 4.78 is 24.7. The van der Waals surface area contributed by atoms with Crippen LogP contribution < -0.4 is 11.5 Å². The minimum atomic E-state index is -3.40. The predicted octanol–water partition coefficient (Wildman–Crippen LogP) is 1.46. The lowest BCUT2D eigenvalue weighted by atomic mass is 10.2. The van der Waals surface area contributed by atoms with Crippen LogP contribution in [0.15, 0.2) is 27.6 Å². The standard InChI is InChI=1S/C11H15BrN2O3S/c12-8-4-5-10(9(13)7-8)18(16,17)6-2-1-3-11(14)15/h4-5,7H,1-3,6,13H2,(H2,14,15). The second-order valence-electron chi connectivity index (χ2n) is 3.92. The molecule has 1 rings (SSSR count). The third-order valence-corrected chi connectivity index (χ3v) is 4.75. The summed E-state index contributed by atoms with van der Waals surface area (Å²) in [6.45, 7) is 0. The maximum atomic E-state index is 12.0. The number of rotatable bonds is 6. The molecule has 0 radical (unpaired) electrons. The highest BCUT2D eigenvalue weighted by Gasteiger charge is 2.17. The lowest BCUT2D eigenvalue weighted by Gasteiger charge is -2.07. The van der Waals surface area contributed by atoms with Crippen molar-refractivity contribution in [1.82, 2.24) is 0 Å². The molecule has 0 aromatic heterocycles. The number of hydrogen-bond acceptors (Lipinski definition) is 4. The number of anilines is 1. The highest BCUT2D eigenvalue weighted by atomic mass is 79.9. The first kappa shape index (κ1) is 15.0. The van der Waals surface area contributed by atoms with Crippen LogP contribution >= 0.6 is 15.9 Å². The average Bonchev–Trinajstić information content (AvgIpc) is 2.23. The monoisotopic (exact) mass is 334 g/mol. The molecule has 0 aliphatic heterocycles. The van der Waals surface area contributed by atoms with Gasteiger partial charge in [-0.15, -0.1) is 0 Å². The molecule has 1 aromatic carbocycles. The van der Waals surface area contributed by atoms with Crippen molar-refractivity contribution in [3.63, 3.8) is 0 Å². The summed E-state index contributed by atoms with van der Waals surface area (Å²) in [4.78, 5) is 10.7. The van der Waals surface area contributed by atoms with Gasteiger partial charge in [-0.2, -0.15) is 0 Å². The summed E-state index contributed by atoms with van der Waals surface area (Å²) in [6, 6.07) is 4.66. The van der Waals surface area contributed by atoms with Crippen LogP contribution in [0.1, 0.15) is 19.3 Å². The van der Waals surface area contributed by atoms with Crippen LogP contribution in [0, 0.1) is 0 Å². The summed E-state index contributed by atoms with van der Waals surface area (Å²) in [5.41, 5.74) is 10.9. The van der Waals surface area contributed by atoms with Crippen molar-refractivity contribution in [2.45, 2.75) is 24.2 Å². The first-order valence-corrected chi connectivity index (χ1v) is 7.83. The number of carbonyl (C=O) groups excluding carboxylic acids is 1. The van der Waals surface area contributed by atoms with Crippen LogP contribution in [0.3, 0.4) is 0 Å². The summed E-state index contributed by atoms with van der Waals surface area (Å²) in [7, 11) is -3.40. The maximum Gasteiger partial charge on any atom is 0.217 e. The quantitative estimate of drug-likeness (QED) is 0.607. The van der Waals surface area contributed by atoms with Crippen LogP contribution in [0.5, 0.6) is 0 Å². The highest BCUT2D eigenvalue weighted by Crippen LogP contribution is 2.24. The average molecular weight is 335 g/mol. The van der Waals surface area contributed by atoms with E-state index in [2.05, 4.69) is 15.9 Å². The van der Waals surface area contributed by atoms with Gasteiger partial charge in [0.05, 0.1) is 16.3 Å². The molecule has 5 nitrogen and oxygen atoms in total. The van der Waals surface area contributed by atoms with E-state index in [1.165, 1.54) is 6.07 Å². The van der Waals surface area contributed by atoms with E-state index < -0.39 is 15.7 Å². The van der Waals surface area contributed by atoms with E-state index in [0.717, 1.165) is 4.47 Å². The van der Waals surface area contributed by atoms with Crippen molar-refractivity contribution >= 4 is 37.4 Å². The molecular weight excluding hydrogens is 320 g/mol. The SMILES string of the molecule is NC(=O)CCCCS(=O)(=O)c1ccc(Br)cc1N. The molecule has 4 N–H and O–H groups in total. The van der Waals surface area contributed by atoms with E-state index >= 15 is 0 Å². The van der Waals surface area contributed by atoms with Gasteiger partial charge in [0.1, 0.15) is 0 Å². The molecule has 0 spiro atoms. The molecule has 18 heavy (non-hydrogen) atoms. The number of primary amides is 1. The maximum absolute atomic E-state index is 12.0. The van der Waals surface area contributed by atoms with Gasteiger partial charge in [-0.25, -0.2) is 8.42 Å². The minimum Gasteiger partial charge on any atom is -0.398 e. The number of halogens is 1. The summed E-state index contributed by atoms with van der Waals surface area (Å²) in [5.74, 6) is -0.456. The van der Waals surface area contributed by atoms with E-state index in [1.807, 2.05) is 0 Å². The molecule has 0 fully saturated rings. The lowest BCUT2D eigenvalue weighted by molar-refractivity contribution is -0.118. The van der Waals surface area contributed by atoms with Crippen molar-refractivity contribution in [3.8, 4) is 0 Å². The number of nitrogen functional groups attached to an aromatic ring is 1. The van der Waals surface area contributed by atoms with E-state index in [-0.39, 0.29) is 22.8 Å². The molecule has 0 bridgehead atoms. The van der Waals surface area contributed by atoms with Gasteiger partial charge in [0.25, 0.3) is 0 Å². The second kappa shape index (κ2) is 6.19. The van der Waals surface area contributed by atoms with Gasteiger partial charge in [-0.05, 0) is 31.0 Å².